The van der Waals surface area contributed by atoms with Crippen LogP contribution in [-0.4, -0.2) is 9.78 Å². The molecule has 1 aromatic heterocycles. The minimum atomic E-state index is -0.768. The number of rotatable bonds is 2. The van der Waals surface area contributed by atoms with Crippen LogP contribution >= 0.6 is 0 Å². The van der Waals surface area contributed by atoms with Crippen molar-refractivity contribution >= 4 is 0 Å². The Balaban J connectivity index is 2.65. The molecule has 0 amide bonds. The van der Waals surface area contributed by atoms with E-state index in [0.717, 1.165) is 16.8 Å². The summed E-state index contributed by atoms with van der Waals surface area (Å²) in [5.74, 6) is -1.44. The Hall–Kier alpha value is -1.91. The highest BCUT2D eigenvalue weighted by atomic mass is 19.1. The molecule has 2 rings (SSSR count). The van der Waals surface area contributed by atoms with Gasteiger partial charge in [0.05, 0.1) is 0 Å². The summed E-state index contributed by atoms with van der Waals surface area (Å²) in [4.78, 5) is 11.9. The minimum absolute atomic E-state index is 0.0270. The van der Waals surface area contributed by atoms with Gasteiger partial charge in [-0.25, -0.2) is 13.5 Å². The van der Waals surface area contributed by atoms with Crippen molar-refractivity contribution in [3.8, 4) is 5.69 Å². The molecule has 0 aliphatic carbocycles. The first-order valence-electron chi connectivity index (χ1n) is 5.30. The fourth-order valence-electron chi connectivity index (χ4n) is 1.83. The van der Waals surface area contributed by atoms with Gasteiger partial charge in [-0.3, -0.25) is 9.89 Å². The van der Waals surface area contributed by atoms with E-state index in [1.165, 1.54) is 6.07 Å². The molecule has 0 saturated carbocycles. The number of benzene rings is 1. The molecule has 0 atom stereocenters. The second kappa shape index (κ2) is 4.16. The van der Waals surface area contributed by atoms with Crippen molar-refractivity contribution in [3.05, 3.63) is 51.4 Å². The molecule has 17 heavy (non-hydrogen) atoms. The van der Waals surface area contributed by atoms with Gasteiger partial charge in [-0.15, -0.1) is 0 Å². The molecule has 1 aromatic carbocycles. The summed E-state index contributed by atoms with van der Waals surface area (Å²) < 4.78 is 27.4. The van der Waals surface area contributed by atoms with Crippen LogP contribution in [0, 0.1) is 18.6 Å². The number of H-pyrrole nitrogens is 1. The van der Waals surface area contributed by atoms with Gasteiger partial charge in [0.15, 0.2) is 5.82 Å². The van der Waals surface area contributed by atoms with Crippen LogP contribution in [0.15, 0.2) is 23.0 Å². The summed E-state index contributed by atoms with van der Waals surface area (Å²) in [5.41, 5.74) is 1.03. The van der Waals surface area contributed by atoms with Crippen LogP contribution in [0.25, 0.3) is 5.69 Å². The average Bonchev–Trinajstić information content (AvgIpc) is 2.54. The van der Waals surface area contributed by atoms with Gasteiger partial charge >= 0.3 is 0 Å². The van der Waals surface area contributed by atoms with Crippen molar-refractivity contribution in [2.45, 2.75) is 20.3 Å². The maximum absolute atomic E-state index is 13.5. The van der Waals surface area contributed by atoms with Crippen LogP contribution in [0.1, 0.15) is 18.2 Å². The Labute approximate surface area is 96.7 Å². The molecule has 0 fully saturated rings. The zero-order valence-electron chi connectivity index (χ0n) is 9.55. The molecule has 0 spiro atoms. The van der Waals surface area contributed by atoms with E-state index in [0.29, 0.717) is 17.7 Å². The number of aromatic amines is 1. The van der Waals surface area contributed by atoms with Gasteiger partial charge in [-0.2, -0.15) is 0 Å². The molecule has 0 aliphatic rings. The molecule has 1 heterocycles. The first kappa shape index (κ1) is 11.6. The molecule has 2 aromatic rings. The second-order valence-electron chi connectivity index (χ2n) is 3.81. The second-order valence-corrected chi connectivity index (χ2v) is 3.81. The summed E-state index contributed by atoms with van der Waals surface area (Å²) in [6, 6.07) is 3.11. The lowest BCUT2D eigenvalue weighted by atomic mass is 10.2. The fourth-order valence-corrected chi connectivity index (χ4v) is 1.83. The third kappa shape index (κ3) is 1.88. The quantitative estimate of drug-likeness (QED) is 0.856. The van der Waals surface area contributed by atoms with Crippen molar-refractivity contribution in [3.63, 3.8) is 0 Å². The number of aryl methyl sites for hydroxylation is 1. The van der Waals surface area contributed by atoms with E-state index in [1.807, 2.05) is 6.92 Å². The summed E-state index contributed by atoms with van der Waals surface area (Å²) >= 11 is 0. The standard InChI is InChI=1S/C12H12F2N2O/c1-3-9-7(2)15-16(12(9)17)11-5-4-8(13)6-10(11)14/h4-6,15H,3H2,1-2H3. The van der Waals surface area contributed by atoms with Gasteiger partial charge in [0, 0.05) is 17.3 Å². The normalized spacial score (nSPS) is 10.8. The number of hydrogen-bond acceptors (Lipinski definition) is 1. The largest absolute Gasteiger partial charge is 0.295 e. The van der Waals surface area contributed by atoms with E-state index < -0.39 is 11.6 Å². The van der Waals surface area contributed by atoms with Gasteiger partial charge in [0.1, 0.15) is 11.5 Å². The summed E-state index contributed by atoms with van der Waals surface area (Å²) in [6.07, 6.45) is 0.566. The van der Waals surface area contributed by atoms with E-state index in [2.05, 4.69) is 5.10 Å². The third-order valence-corrected chi connectivity index (χ3v) is 2.70. The first-order valence-corrected chi connectivity index (χ1v) is 5.30. The maximum atomic E-state index is 13.5. The van der Waals surface area contributed by atoms with Crippen molar-refractivity contribution in [1.82, 2.24) is 9.78 Å². The van der Waals surface area contributed by atoms with Gasteiger partial charge < -0.3 is 0 Å². The van der Waals surface area contributed by atoms with E-state index in [-0.39, 0.29) is 11.2 Å². The topological polar surface area (TPSA) is 37.8 Å². The van der Waals surface area contributed by atoms with Gasteiger partial charge in [0.2, 0.25) is 0 Å². The van der Waals surface area contributed by atoms with Crippen molar-refractivity contribution in [2.75, 3.05) is 0 Å². The molecular formula is C12H12F2N2O. The first-order chi connectivity index (χ1) is 8.04. The molecule has 90 valence electrons. The van der Waals surface area contributed by atoms with Gasteiger partial charge in [0.25, 0.3) is 5.56 Å². The molecule has 0 saturated heterocycles. The molecule has 0 radical (unpaired) electrons. The van der Waals surface area contributed by atoms with Gasteiger partial charge in [-0.1, -0.05) is 6.92 Å². The highest BCUT2D eigenvalue weighted by molar-refractivity contribution is 5.34. The molecule has 0 unspecified atom stereocenters. The SMILES string of the molecule is CCc1c(C)[nH]n(-c2ccc(F)cc2F)c1=O. The van der Waals surface area contributed by atoms with Gasteiger partial charge in [-0.05, 0) is 25.5 Å². The van der Waals surface area contributed by atoms with E-state index in [1.54, 1.807) is 6.92 Å². The van der Waals surface area contributed by atoms with Crippen LogP contribution < -0.4 is 5.56 Å². The minimum Gasteiger partial charge on any atom is -0.295 e. The Morgan fingerprint density at radius 2 is 2.06 bits per heavy atom. The Morgan fingerprint density at radius 3 is 2.59 bits per heavy atom. The molecule has 3 nitrogen and oxygen atoms in total. The van der Waals surface area contributed by atoms with Crippen molar-refractivity contribution in [1.29, 1.82) is 0 Å². The highest BCUT2D eigenvalue weighted by Crippen LogP contribution is 2.13. The summed E-state index contributed by atoms with van der Waals surface area (Å²) in [7, 11) is 0. The van der Waals surface area contributed by atoms with Crippen LogP contribution in [0.4, 0.5) is 8.78 Å². The summed E-state index contributed by atoms with van der Waals surface area (Å²) in [5, 5.41) is 2.78. The van der Waals surface area contributed by atoms with Crippen LogP contribution in [0.2, 0.25) is 0 Å². The number of halogens is 2. The predicted octanol–water partition coefficient (Wildman–Crippen LogP) is 2.31. The average molecular weight is 238 g/mol. The highest BCUT2D eigenvalue weighted by Gasteiger charge is 2.13. The molecule has 5 heteroatoms. The molecule has 1 N–H and O–H groups in total. The lowest BCUT2D eigenvalue weighted by molar-refractivity contribution is 0.572. The Morgan fingerprint density at radius 1 is 1.35 bits per heavy atom. The van der Waals surface area contributed by atoms with Crippen LogP contribution in [0.3, 0.4) is 0 Å². The van der Waals surface area contributed by atoms with E-state index in [4.69, 9.17) is 0 Å². The van der Waals surface area contributed by atoms with Crippen LogP contribution in [-0.2, 0) is 6.42 Å². The lowest BCUT2D eigenvalue weighted by Crippen LogP contribution is -2.18. The van der Waals surface area contributed by atoms with Crippen LogP contribution in [0.5, 0.6) is 0 Å². The third-order valence-electron chi connectivity index (χ3n) is 2.70. The lowest BCUT2D eigenvalue weighted by Gasteiger charge is -2.02. The molecule has 0 aliphatic heterocycles. The number of aromatic nitrogens is 2. The van der Waals surface area contributed by atoms with Crippen molar-refractivity contribution < 1.29 is 8.78 Å². The van der Waals surface area contributed by atoms with Crippen molar-refractivity contribution in [2.24, 2.45) is 0 Å². The smallest absolute Gasteiger partial charge is 0.274 e. The molecule has 0 bridgehead atoms. The fraction of sp³-hybridized carbons (Fsp3) is 0.250. The maximum Gasteiger partial charge on any atom is 0.274 e. The summed E-state index contributed by atoms with van der Waals surface area (Å²) in [6.45, 7) is 3.60. The monoisotopic (exact) mass is 238 g/mol. The van der Waals surface area contributed by atoms with E-state index >= 15 is 0 Å². The number of nitrogens with one attached hydrogen (secondary N) is 1. The predicted molar refractivity (Wildman–Crippen MR) is 60.4 cm³/mol. The zero-order chi connectivity index (χ0) is 12.6. The molecular weight excluding hydrogens is 226 g/mol. The number of nitrogens with zero attached hydrogens (tertiary/aromatic N) is 1. The Bertz CT molecular complexity index is 613. The number of hydrogen-bond donors (Lipinski definition) is 1. The zero-order valence-corrected chi connectivity index (χ0v) is 9.55. The van der Waals surface area contributed by atoms with E-state index in [9.17, 15) is 13.6 Å². The Kier molecular flexibility index (Phi) is 2.83.